The molecule has 0 bridgehead atoms. The van der Waals surface area contributed by atoms with Crippen LogP contribution in [0.2, 0.25) is 0 Å². The van der Waals surface area contributed by atoms with E-state index in [1.165, 1.54) is 0 Å². The van der Waals surface area contributed by atoms with Crippen molar-refractivity contribution < 1.29 is 4.79 Å². The number of nitrogens with one attached hydrogen (secondary N) is 1. The van der Waals surface area contributed by atoms with Gasteiger partial charge in [0.25, 0.3) is 5.91 Å². The average molecular weight is 291 g/mol. The maximum atomic E-state index is 12.3. The second kappa shape index (κ2) is 8.65. The van der Waals surface area contributed by atoms with Crippen LogP contribution in [0, 0.1) is 5.92 Å². The summed E-state index contributed by atoms with van der Waals surface area (Å²) < 4.78 is 0. The summed E-state index contributed by atoms with van der Waals surface area (Å²) in [6, 6.07) is 4.18. The summed E-state index contributed by atoms with van der Waals surface area (Å²) in [7, 11) is 0. The number of carbonyl (C=O) groups is 1. The van der Waals surface area contributed by atoms with Crippen molar-refractivity contribution in [2.24, 2.45) is 5.92 Å². The Morgan fingerprint density at radius 3 is 2.38 bits per heavy atom. The van der Waals surface area contributed by atoms with E-state index in [2.05, 4.69) is 31.1 Å². The van der Waals surface area contributed by atoms with Gasteiger partial charge in [0.05, 0.1) is 0 Å². The number of aromatic nitrogens is 1. The third-order valence-corrected chi connectivity index (χ3v) is 4.18. The lowest BCUT2D eigenvalue weighted by atomic mass is 9.95. The Balaban J connectivity index is 2.83. The molecule has 1 heterocycles. The molecule has 0 aliphatic rings. The molecule has 1 aromatic rings. The van der Waals surface area contributed by atoms with E-state index in [0.717, 1.165) is 18.5 Å². The van der Waals surface area contributed by atoms with E-state index < -0.39 is 0 Å². The molecule has 0 aliphatic heterocycles. The predicted octanol–water partition coefficient (Wildman–Crippen LogP) is 3.80. The minimum absolute atomic E-state index is 0.00108. The first-order valence-electron chi connectivity index (χ1n) is 8.09. The number of pyridine rings is 1. The Morgan fingerprint density at radius 1 is 1.24 bits per heavy atom. The van der Waals surface area contributed by atoms with Crippen molar-refractivity contribution in [1.29, 1.82) is 0 Å². The van der Waals surface area contributed by atoms with Crippen LogP contribution in [0.1, 0.15) is 57.9 Å². The lowest BCUT2D eigenvalue weighted by Gasteiger charge is -2.24. The molecule has 21 heavy (non-hydrogen) atoms. The summed E-state index contributed by atoms with van der Waals surface area (Å²) in [5.41, 5.74) is 1.49. The third-order valence-electron chi connectivity index (χ3n) is 4.18. The van der Waals surface area contributed by atoms with Gasteiger partial charge in [-0.1, -0.05) is 26.7 Å². The van der Waals surface area contributed by atoms with Crippen LogP contribution in [0.25, 0.3) is 0 Å². The maximum Gasteiger partial charge on any atom is 0.272 e. The average Bonchev–Trinajstić information content (AvgIpc) is 2.49. The zero-order valence-corrected chi connectivity index (χ0v) is 14.0. The Morgan fingerprint density at radius 2 is 1.86 bits per heavy atom. The number of hydrogen-bond donors (Lipinski definition) is 1. The summed E-state index contributed by atoms with van der Waals surface area (Å²) in [6.07, 6.45) is 4.01. The normalized spacial score (nSPS) is 12.3. The van der Waals surface area contributed by atoms with Crippen molar-refractivity contribution in [2.75, 3.05) is 18.4 Å². The van der Waals surface area contributed by atoms with E-state index in [9.17, 15) is 4.79 Å². The van der Waals surface area contributed by atoms with Crippen molar-refractivity contribution in [2.45, 2.75) is 53.5 Å². The summed E-state index contributed by atoms with van der Waals surface area (Å²) in [4.78, 5) is 18.3. The third kappa shape index (κ3) is 4.73. The van der Waals surface area contributed by atoms with Crippen LogP contribution in [0.5, 0.6) is 0 Å². The molecule has 0 radical (unpaired) electrons. The summed E-state index contributed by atoms with van der Waals surface area (Å²) in [5, 5.41) is 3.50. The molecule has 0 saturated carbocycles. The predicted molar refractivity (Wildman–Crippen MR) is 88.6 cm³/mol. The van der Waals surface area contributed by atoms with Crippen molar-refractivity contribution in [3.8, 4) is 0 Å². The van der Waals surface area contributed by atoms with Crippen LogP contribution in [0.3, 0.4) is 0 Å². The molecule has 118 valence electrons. The van der Waals surface area contributed by atoms with Crippen molar-refractivity contribution in [1.82, 2.24) is 9.88 Å². The van der Waals surface area contributed by atoms with Crippen LogP contribution in [-0.2, 0) is 0 Å². The molecule has 1 atom stereocenters. The van der Waals surface area contributed by atoms with E-state index in [-0.39, 0.29) is 5.91 Å². The second-order valence-corrected chi connectivity index (χ2v) is 5.42. The largest absolute Gasteiger partial charge is 0.382 e. The fourth-order valence-corrected chi connectivity index (χ4v) is 2.69. The summed E-state index contributed by atoms with van der Waals surface area (Å²) >= 11 is 0. The molecule has 0 aliphatic carbocycles. The van der Waals surface area contributed by atoms with E-state index >= 15 is 0 Å². The first-order chi connectivity index (χ1) is 10.1. The van der Waals surface area contributed by atoms with Crippen LogP contribution < -0.4 is 5.32 Å². The zero-order valence-electron chi connectivity index (χ0n) is 14.0. The van der Waals surface area contributed by atoms with Gasteiger partial charge in [-0.25, -0.2) is 0 Å². The minimum Gasteiger partial charge on any atom is -0.382 e. The molecule has 1 N–H and O–H groups in total. The molecule has 0 saturated heterocycles. The highest BCUT2D eigenvalue weighted by molar-refractivity contribution is 5.93. The molecule has 0 spiro atoms. The molecule has 0 aromatic carbocycles. The molecule has 0 fully saturated rings. The molecule has 1 unspecified atom stereocenters. The van der Waals surface area contributed by atoms with Gasteiger partial charge in [-0.05, 0) is 38.8 Å². The summed E-state index contributed by atoms with van der Waals surface area (Å²) in [6.45, 7) is 12.0. The topological polar surface area (TPSA) is 45.2 Å². The highest BCUT2D eigenvalue weighted by atomic mass is 16.2. The maximum absolute atomic E-state index is 12.3. The monoisotopic (exact) mass is 291 g/mol. The zero-order chi connectivity index (χ0) is 15.8. The van der Waals surface area contributed by atoms with Gasteiger partial charge >= 0.3 is 0 Å². The summed E-state index contributed by atoms with van der Waals surface area (Å²) in [5.74, 6) is 0.638. The highest BCUT2D eigenvalue weighted by Gasteiger charge is 2.16. The highest BCUT2D eigenvalue weighted by Crippen LogP contribution is 2.18. The molecule has 1 amide bonds. The van der Waals surface area contributed by atoms with Crippen molar-refractivity contribution >= 4 is 11.6 Å². The number of nitrogens with zero attached hydrogens (tertiary/aromatic N) is 2. The fourth-order valence-electron chi connectivity index (χ4n) is 2.69. The molecule has 1 rings (SSSR count). The van der Waals surface area contributed by atoms with E-state index in [1.54, 1.807) is 11.1 Å². The van der Waals surface area contributed by atoms with Gasteiger partial charge < -0.3 is 10.2 Å². The van der Waals surface area contributed by atoms with Gasteiger partial charge in [0.2, 0.25) is 0 Å². The lowest BCUT2D eigenvalue weighted by Crippen LogP contribution is -2.31. The van der Waals surface area contributed by atoms with Crippen LogP contribution in [0.4, 0.5) is 5.69 Å². The SMILES string of the molecule is CCC(CC)C(C)Nc1ccnc(C(=O)N(CC)CC)c1. The lowest BCUT2D eigenvalue weighted by molar-refractivity contribution is 0.0767. The van der Waals surface area contributed by atoms with Gasteiger partial charge in [-0.3, -0.25) is 9.78 Å². The number of anilines is 1. The smallest absolute Gasteiger partial charge is 0.272 e. The first kappa shape index (κ1) is 17.5. The van der Waals surface area contributed by atoms with Crippen LogP contribution in [0.15, 0.2) is 18.3 Å². The van der Waals surface area contributed by atoms with Gasteiger partial charge in [0, 0.05) is 31.0 Å². The van der Waals surface area contributed by atoms with Gasteiger partial charge in [0.15, 0.2) is 0 Å². The van der Waals surface area contributed by atoms with Gasteiger partial charge in [-0.15, -0.1) is 0 Å². The van der Waals surface area contributed by atoms with E-state index in [0.29, 0.717) is 30.7 Å². The molecule has 4 heteroatoms. The first-order valence-corrected chi connectivity index (χ1v) is 8.09. The molecular formula is C17H29N3O. The fraction of sp³-hybridized carbons (Fsp3) is 0.647. The number of carbonyl (C=O) groups excluding carboxylic acids is 1. The Bertz CT molecular complexity index is 439. The number of hydrogen-bond acceptors (Lipinski definition) is 3. The number of rotatable bonds is 8. The molecule has 1 aromatic heterocycles. The Labute approximate surface area is 129 Å². The Hall–Kier alpha value is -1.58. The minimum atomic E-state index is -0.00108. The Kier molecular flexibility index (Phi) is 7.20. The quantitative estimate of drug-likeness (QED) is 0.792. The van der Waals surface area contributed by atoms with E-state index in [1.807, 2.05) is 26.0 Å². The van der Waals surface area contributed by atoms with Crippen LogP contribution >= 0.6 is 0 Å². The molecular weight excluding hydrogens is 262 g/mol. The number of amides is 1. The van der Waals surface area contributed by atoms with Gasteiger partial charge in [-0.2, -0.15) is 0 Å². The van der Waals surface area contributed by atoms with Crippen molar-refractivity contribution in [3.63, 3.8) is 0 Å². The molecule has 4 nitrogen and oxygen atoms in total. The standard InChI is InChI=1S/C17H29N3O/c1-6-14(7-2)13(5)19-15-10-11-18-16(12-15)17(21)20(8-3)9-4/h10-14H,6-9H2,1-5H3,(H,18,19). The van der Waals surface area contributed by atoms with Crippen LogP contribution in [-0.4, -0.2) is 34.9 Å². The van der Waals surface area contributed by atoms with Gasteiger partial charge in [0.1, 0.15) is 5.69 Å². The van der Waals surface area contributed by atoms with E-state index in [4.69, 9.17) is 0 Å². The second-order valence-electron chi connectivity index (χ2n) is 5.42. The van der Waals surface area contributed by atoms with Crippen molar-refractivity contribution in [3.05, 3.63) is 24.0 Å².